The summed E-state index contributed by atoms with van der Waals surface area (Å²) in [5.41, 5.74) is 0. The highest BCUT2D eigenvalue weighted by Gasteiger charge is 2.28. The summed E-state index contributed by atoms with van der Waals surface area (Å²) in [5, 5.41) is 13.5. The molecule has 2 rings (SSSR count). The molecule has 1 aliphatic heterocycles. The summed E-state index contributed by atoms with van der Waals surface area (Å²) in [6.07, 6.45) is 4.24. The van der Waals surface area contributed by atoms with E-state index < -0.39 is 0 Å². The predicted octanol–water partition coefficient (Wildman–Crippen LogP) is 2.00. The van der Waals surface area contributed by atoms with E-state index in [1.54, 1.807) is 0 Å². The molecule has 1 aliphatic rings. The van der Waals surface area contributed by atoms with Crippen molar-refractivity contribution >= 4 is 0 Å². The predicted molar refractivity (Wildman–Crippen MR) is 72.6 cm³/mol. The Bertz CT molecular complexity index is 392. The van der Waals surface area contributed by atoms with Crippen molar-refractivity contribution in [3.63, 3.8) is 0 Å². The first-order chi connectivity index (χ1) is 9.10. The average molecular weight is 267 g/mol. The Morgan fingerprint density at radius 2 is 2.21 bits per heavy atom. The van der Waals surface area contributed by atoms with Crippen LogP contribution in [0.4, 0.5) is 0 Å². The second-order valence-corrected chi connectivity index (χ2v) is 5.99. The van der Waals surface area contributed by atoms with E-state index in [4.69, 9.17) is 4.52 Å². The first kappa shape index (κ1) is 14.5. The molecule has 0 aromatic carbocycles. The van der Waals surface area contributed by atoms with Gasteiger partial charge in [0.25, 0.3) is 0 Å². The van der Waals surface area contributed by atoms with E-state index in [-0.39, 0.29) is 12.6 Å². The third kappa shape index (κ3) is 3.76. The summed E-state index contributed by atoms with van der Waals surface area (Å²) in [5.74, 6) is 1.98. The Hall–Kier alpha value is -0.940. The molecule has 1 fully saturated rings. The number of hydrogen-bond donors (Lipinski definition) is 1. The van der Waals surface area contributed by atoms with Crippen molar-refractivity contribution in [1.29, 1.82) is 0 Å². The summed E-state index contributed by atoms with van der Waals surface area (Å²) in [7, 11) is 0. The van der Waals surface area contributed by atoms with Crippen molar-refractivity contribution in [2.45, 2.75) is 65.1 Å². The molecule has 0 saturated carbocycles. The van der Waals surface area contributed by atoms with Gasteiger partial charge in [-0.25, -0.2) is 0 Å². The molecule has 5 nitrogen and oxygen atoms in total. The smallest absolute Gasteiger partial charge is 0.226 e. The van der Waals surface area contributed by atoms with Gasteiger partial charge in [0, 0.05) is 18.5 Å². The lowest BCUT2D eigenvalue weighted by molar-refractivity contribution is 0.0425. The second-order valence-electron chi connectivity index (χ2n) is 5.99. The first-order valence-electron chi connectivity index (χ1n) is 7.28. The molecule has 19 heavy (non-hydrogen) atoms. The van der Waals surface area contributed by atoms with Crippen molar-refractivity contribution in [1.82, 2.24) is 15.0 Å². The highest BCUT2D eigenvalue weighted by Crippen LogP contribution is 2.24. The summed E-state index contributed by atoms with van der Waals surface area (Å²) < 4.78 is 5.27. The molecule has 1 saturated heterocycles. The molecule has 0 bridgehead atoms. The molecule has 0 amide bonds. The minimum Gasteiger partial charge on any atom is -0.395 e. The van der Waals surface area contributed by atoms with Gasteiger partial charge in [0.05, 0.1) is 13.2 Å². The van der Waals surface area contributed by atoms with E-state index in [2.05, 4.69) is 35.8 Å². The molecule has 0 aliphatic carbocycles. The number of likely N-dealkylation sites (tertiary alicyclic amines) is 1. The normalized spacial score (nSPS) is 25.1. The number of aromatic nitrogens is 2. The SMILES string of the molecule is CC(C)Cc1nc(CN2C(C)CCCC2CO)no1. The van der Waals surface area contributed by atoms with E-state index in [1.165, 1.54) is 12.8 Å². The maximum Gasteiger partial charge on any atom is 0.226 e. The molecule has 1 N–H and O–H groups in total. The van der Waals surface area contributed by atoms with Crippen LogP contribution in [0.1, 0.15) is 51.7 Å². The van der Waals surface area contributed by atoms with Gasteiger partial charge in [-0.3, -0.25) is 4.90 Å². The molecule has 2 atom stereocenters. The zero-order chi connectivity index (χ0) is 13.8. The monoisotopic (exact) mass is 267 g/mol. The van der Waals surface area contributed by atoms with E-state index in [9.17, 15) is 5.11 Å². The van der Waals surface area contributed by atoms with Gasteiger partial charge in [0.1, 0.15) is 0 Å². The maximum atomic E-state index is 9.48. The number of hydrogen-bond acceptors (Lipinski definition) is 5. The number of rotatable bonds is 5. The molecule has 0 radical (unpaired) electrons. The maximum absolute atomic E-state index is 9.48. The molecule has 0 spiro atoms. The van der Waals surface area contributed by atoms with Gasteiger partial charge in [0.15, 0.2) is 5.82 Å². The molecule has 1 aromatic heterocycles. The number of nitrogens with zero attached hydrogens (tertiary/aromatic N) is 3. The number of aliphatic hydroxyl groups excluding tert-OH is 1. The largest absolute Gasteiger partial charge is 0.395 e. The van der Waals surface area contributed by atoms with Gasteiger partial charge in [0.2, 0.25) is 5.89 Å². The first-order valence-corrected chi connectivity index (χ1v) is 7.28. The highest BCUT2D eigenvalue weighted by atomic mass is 16.5. The van der Waals surface area contributed by atoms with E-state index >= 15 is 0 Å². The fourth-order valence-corrected chi connectivity index (χ4v) is 2.77. The third-order valence-electron chi connectivity index (χ3n) is 3.82. The van der Waals surface area contributed by atoms with Crippen LogP contribution in [0.2, 0.25) is 0 Å². The van der Waals surface area contributed by atoms with Crippen LogP contribution in [-0.4, -0.2) is 38.8 Å². The van der Waals surface area contributed by atoms with Gasteiger partial charge in [-0.1, -0.05) is 25.4 Å². The fraction of sp³-hybridized carbons (Fsp3) is 0.857. The van der Waals surface area contributed by atoms with Crippen molar-refractivity contribution in [2.75, 3.05) is 6.61 Å². The summed E-state index contributed by atoms with van der Waals surface area (Å²) in [6.45, 7) is 7.36. The topological polar surface area (TPSA) is 62.4 Å². The van der Waals surface area contributed by atoms with Gasteiger partial charge in [-0.15, -0.1) is 0 Å². The van der Waals surface area contributed by atoms with Crippen LogP contribution in [-0.2, 0) is 13.0 Å². The fourth-order valence-electron chi connectivity index (χ4n) is 2.77. The number of aliphatic hydroxyl groups is 1. The lowest BCUT2D eigenvalue weighted by Gasteiger charge is -2.39. The van der Waals surface area contributed by atoms with Crippen LogP contribution in [0.3, 0.4) is 0 Å². The van der Waals surface area contributed by atoms with E-state index in [0.717, 1.165) is 24.6 Å². The molecule has 5 heteroatoms. The molecule has 108 valence electrons. The van der Waals surface area contributed by atoms with Gasteiger partial charge in [-0.05, 0) is 25.7 Å². The Morgan fingerprint density at radius 1 is 1.42 bits per heavy atom. The molecule has 1 aromatic rings. The van der Waals surface area contributed by atoms with Crippen LogP contribution in [0.25, 0.3) is 0 Å². The Morgan fingerprint density at radius 3 is 2.89 bits per heavy atom. The van der Waals surface area contributed by atoms with Crippen LogP contribution >= 0.6 is 0 Å². The highest BCUT2D eigenvalue weighted by molar-refractivity contribution is 4.91. The van der Waals surface area contributed by atoms with E-state index in [0.29, 0.717) is 18.5 Å². The zero-order valence-corrected chi connectivity index (χ0v) is 12.2. The van der Waals surface area contributed by atoms with Crippen LogP contribution in [0.15, 0.2) is 4.52 Å². The molecular formula is C14H25N3O2. The van der Waals surface area contributed by atoms with Gasteiger partial charge >= 0.3 is 0 Å². The Balaban J connectivity index is 2.00. The second kappa shape index (κ2) is 6.48. The van der Waals surface area contributed by atoms with Crippen LogP contribution in [0, 0.1) is 5.92 Å². The standard InChI is InChI=1S/C14H25N3O2/c1-10(2)7-14-15-13(16-19-14)8-17-11(3)5-4-6-12(17)9-18/h10-12,18H,4-9H2,1-3H3. The average Bonchev–Trinajstić information content (AvgIpc) is 2.78. The Labute approximate surface area is 115 Å². The van der Waals surface area contributed by atoms with Gasteiger partial charge < -0.3 is 9.63 Å². The lowest BCUT2D eigenvalue weighted by Crippen LogP contribution is -2.46. The Kier molecular flexibility index (Phi) is 4.93. The van der Waals surface area contributed by atoms with Crippen molar-refractivity contribution < 1.29 is 9.63 Å². The summed E-state index contributed by atoms with van der Waals surface area (Å²) in [4.78, 5) is 6.75. The molecule has 2 heterocycles. The van der Waals surface area contributed by atoms with Crippen molar-refractivity contribution in [3.8, 4) is 0 Å². The summed E-state index contributed by atoms with van der Waals surface area (Å²) >= 11 is 0. The third-order valence-corrected chi connectivity index (χ3v) is 3.82. The minimum absolute atomic E-state index is 0.209. The molecule has 2 unspecified atom stereocenters. The lowest BCUT2D eigenvalue weighted by atomic mass is 9.97. The summed E-state index contributed by atoms with van der Waals surface area (Å²) in [6, 6.07) is 0.703. The van der Waals surface area contributed by atoms with Gasteiger partial charge in [-0.2, -0.15) is 4.98 Å². The van der Waals surface area contributed by atoms with Crippen LogP contribution in [0.5, 0.6) is 0 Å². The zero-order valence-electron chi connectivity index (χ0n) is 12.2. The van der Waals surface area contributed by atoms with Crippen molar-refractivity contribution in [3.05, 3.63) is 11.7 Å². The minimum atomic E-state index is 0.209. The number of piperidine rings is 1. The quantitative estimate of drug-likeness (QED) is 0.884. The van der Waals surface area contributed by atoms with Crippen LogP contribution < -0.4 is 0 Å². The molecular weight excluding hydrogens is 242 g/mol. The van der Waals surface area contributed by atoms with E-state index in [1.807, 2.05) is 0 Å². The van der Waals surface area contributed by atoms with Crippen molar-refractivity contribution in [2.24, 2.45) is 5.92 Å².